The van der Waals surface area contributed by atoms with E-state index in [0.29, 0.717) is 12.1 Å². The third kappa shape index (κ3) is 5.70. The van der Waals surface area contributed by atoms with Crippen molar-refractivity contribution in [2.75, 3.05) is 32.1 Å². The van der Waals surface area contributed by atoms with Gasteiger partial charge in [0.2, 0.25) is 5.91 Å². The lowest BCUT2D eigenvalue weighted by Gasteiger charge is -2.29. The van der Waals surface area contributed by atoms with E-state index in [2.05, 4.69) is 34.5 Å². The molecule has 29 heavy (non-hydrogen) atoms. The van der Waals surface area contributed by atoms with Crippen LogP contribution in [0.2, 0.25) is 0 Å². The molecule has 1 saturated heterocycles. The fourth-order valence-corrected chi connectivity index (χ4v) is 3.50. The van der Waals surface area contributed by atoms with E-state index in [1.165, 1.54) is 24.9 Å². The molecule has 5 nitrogen and oxygen atoms in total. The van der Waals surface area contributed by atoms with Crippen LogP contribution < -0.4 is 10.2 Å². The number of hydrogen-bond acceptors (Lipinski definition) is 3. The lowest BCUT2D eigenvalue weighted by atomic mass is 10.1. The fourth-order valence-electron chi connectivity index (χ4n) is 3.50. The van der Waals surface area contributed by atoms with Crippen LogP contribution in [0.3, 0.4) is 0 Å². The zero-order valence-corrected chi connectivity index (χ0v) is 17.2. The molecule has 1 N–H and O–H groups in total. The summed E-state index contributed by atoms with van der Waals surface area (Å²) >= 11 is 0. The highest BCUT2D eigenvalue weighted by molar-refractivity contribution is 5.94. The maximum absolute atomic E-state index is 12.4. The molecule has 5 heteroatoms. The normalized spacial score (nSPS) is 14.1. The topological polar surface area (TPSA) is 52.7 Å². The van der Waals surface area contributed by atoms with Gasteiger partial charge >= 0.3 is 0 Å². The van der Waals surface area contributed by atoms with Crippen LogP contribution in [0.25, 0.3) is 6.08 Å². The van der Waals surface area contributed by atoms with Crippen molar-refractivity contribution in [2.24, 2.45) is 0 Å². The van der Waals surface area contributed by atoms with Crippen molar-refractivity contribution in [3.05, 3.63) is 71.3 Å². The van der Waals surface area contributed by atoms with Gasteiger partial charge in [0.05, 0.1) is 0 Å². The first kappa shape index (κ1) is 20.6. The SMILES string of the molecule is CNC(=O)c1ccc(C=CC(=O)N(C)Cc2ccc(N3CCCCC3)cc2)cc1. The predicted octanol–water partition coefficient (Wildman–Crippen LogP) is 3.71. The Morgan fingerprint density at radius 2 is 1.66 bits per heavy atom. The lowest BCUT2D eigenvalue weighted by Crippen LogP contribution is -2.29. The molecule has 0 atom stereocenters. The van der Waals surface area contributed by atoms with Crippen LogP contribution in [-0.2, 0) is 11.3 Å². The van der Waals surface area contributed by atoms with E-state index >= 15 is 0 Å². The molecule has 0 unspecified atom stereocenters. The van der Waals surface area contributed by atoms with Gasteiger partial charge in [-0.2, -0.15) is 0 Å². The van der Waals surface area contributed by atoms with Crippen LogP contribution in [0.1, 0.15) is 40.7 Å². The average Bonchev–Trinajstić information content (AvgIpc) is 2.78. The molecule has 2 aromatic carbocycles. The van der Waals surface area contributed by atoms with Crippen molar-refractivity contribution in [1.29, 1.82) is 0 Å². The summed E-state index contributed by atoms with van der Waals surface area (Å²) in [4.78, 5) is 28.1. The Kier molecular flexibility index (Phi) is 7.06. The molecule has 1 heterocycles. The maximum atomic E-state index is 12.4. The van der Waals surface area contributed by atoms with E-state index < -0.39 is 0 Å². The van der Waals surface area contributed by atoms with Gasteiger partial charge in [-0.1, -0.05) is 24.3 Å². The molecule has 0 radical (unpaired) electrons. The second kappa shape index (κ2) is 9.92. The van der Waals surface area contributed by atoms with Gasteiger partial charge in [0.25, 0.3) is 5.91 Å². The van der Waals surface area contributed by atoms with E-state index in [1.54, 1.807) is 43.3 Å². The van der Waals surface area contributed by atoms with E-state index in [-0.39, 0.29) is 11.8 Å². The van der Waals surface area contributed by atoms with Crippen LogP contribution in [0.5, 0.6) is 0 Å². The third-order valence-corrected chi connectivity index (χ3v) is 5.27. The van der Waals surface area contributed by atoms with E-state index in [9.17, 15) is 9.59 Å². The molecule has 2 aromatic rings. The molecule has 0 aliphatic carbocycles. The first-order valence-corrected chi connectivity index (χ1v) is 10.2. The summed E-state index contributed by atoms with van der Waals surface area (Å²) in [6.07, 6.45) is 7.19. The molecule has 2 amide bonds. The van der Waals surface area contributed by atoms with Gasteiger partial charge in [-0.25, -0.2) is 0 Å². The van der Waals surface area contributed by atoms with Crippen LogP contribution in [0.15, 0.2) is 54.6 Å². The number of rotatable bonds is 6. The summed E-state index contributed by atoms with van der Waals surface area (Å²) in [6, 6.07) is 15.7. The van der Waals surface area contributed by atoms with Gasteiger partial charge < -0.3 is 15.1 Å². The Morgan fingerprint density at radius 1 is 1.00 bits per heavy atom. The Labute approximate surface area is 173 Å². The largest absolute Gasteiger partial charge is 0.372 e. The summed E-state index contributed by atoms with van der Waals surface area (Å²) in [7, 11) is 3.41. The highest BCUT2D eigenvalue weighted by Gasteiger charge is 2.11. The van der Waals surface area contributed by atoms with E-state index in [4.69, 9.17) is 0 Å². The van der Waals surface area contributed by atoms with Crippen LogP contribution in [0, 0.1) is 0 Å². The van der Waals surface area contributed by atoms with Crippen molar-refractivity contribution in [1.82, 2.24) is 10.2 Å². The van der Waals surface area contributed by atoms with Gasteiger partial charge in [-0.15, -0.1) is 0 Å². The van der Waals surface area contributed by atoms with Crippen molar-refractivity contribution in [2.45, 2.75) is 25.8 Å². The Bertz CT molecular complexity index is 851. The number of likely N-dealkylation sites (N-methyl/N-ethyl adjacent to an activating group) is 1. The molecule has 0 aromatic heterocycles. The van der Waals surface area contributed by atoms with Gasteiger partial charge in [-0.05, 0) is 60.7 Å². The van der Waals surface area contributed by atoms with Crippen molar-refractivity contribution >= 4 is 23.6 Å². The van der Waals surface area contributed by atoms with Crippen LogP contribution >= 0.6 is 0 Å². The monoisotopic (exact) mass is 391 g/mol. The Morgan fingerprint density at radius 3 is 2.28 bits per heavy atom. The number of carbonyl (C=O) groups is 2. The minimum atomic E-state index is -0.123. The zero-order valence-electron chi connectivity index (χ0n) is 17.2. The fraction of sp³-hybridized carbons (Fsp3) is 0.333. The smallest absolute Gasteiger partial charge is 0.251 e. The van der Waals surface area contributed by atoms with E-state index in [1.807, 2.05) is 12.1 Å². The molecule has 0 spiro atoms. The van der Waals surface area contributed by atoms with Gasteiger partial charge in [-0.3, -0.25) is 9.59 Å². The average molecular weight is 392 g/mol. The highest BCUT2D eigenvalue weighted by atomic mass is 16.2. The Balaban J connectivity index is 1.54. The summed E-state index contributed by atoms with van der Waals surface area (Å²) in [5, 5.41) is 2.59. The molecule has 1 aliphatic rings. The van der Waals surface area contributed by atoms with Gasteiger partial charge in [0, 0.05) is 51.1 Å². The zero-order chi connectivity index (χ0) is 20.6. The number of piperidine rings is 1. The van der Waals surface area contributed by atoms with Crippen molar-refractivity contribution in [3.63, 3.8) is 0 Å². The number of nitrogens with zero attached hydrogens (tertiary/aromatic N) is 2. The minimum absolute atomic E-state index is 0.0551. The standard InChI is InChI=1S/C24H29N3O2/c1-25-24(29)21-11-6-19(7-12-21)10-15-23(28)26(2)18-20-8-13-22(14-9-20)27-16-4-3-5-17-27/h6-15H,3-5,16-18H2,1-2H3,(H,25,29). The molecule has 3 rings (SSSR count). The second-order valence-corrected chi connectivity index (χ2v) is 7.44. The number of nitrogens with one attached hydrogen (secondary N) is 1. The quantitative estimate of drug-likeness (QED) is 0.764. The number of anilines is 1. The number of carbonyl (C=O) groups excluding carboxylic acids is 2. The van der Waals surface area contributed by atoms with E-state index in [0.717, 1.165) is 24.2 Å². The molecular formula is C24H29N3O2. The highest BCUT2D eigenvalue weighted by Crippen LogP contribution is 2.20. The van der Waals surface area contributed by atoms with Gasteiger partial charge in [0.1, 0.15) is 0 Å². The Hall–Kier alpha value is -3.08. The summed E-state index contributed by atoms with van der Waals surface area (Å²) in [5.41, 5.74) is 3.86. The van der Waals surface area contributed by atoms with Crippen LogP contribution in [-0.4, -0.2) is 43.9 Å². The minimum Gasteiger partial charge on any atom is -0.372 e. The molecule has 0 bridgehead atoms. The van der Waals surface area contributed by atoms with Crippen LogP contribution in [0.4, 0.5) is 5.69 Å². The number of hydrogen-bond donors (Lipinski definition) is 1. The summed E-state index contributed by atoms with van der Waals surface area (Å²) < 4.78 is 0. The molecule has 1 aliphatic heterocycles. The van der Waals surface area contributed by atoms with Crippen molar-refractivity contribution < 1.29 is 9.59 Å². The lowest BCUT2D eigenvalue weighted by molar-refractivity contribution is -0.125. The predicted molar refractivity (Wildman–Crippen MR) is 118 cm³/mol. The molecule has 152 valence electrons. The second-order valence-electron chi connectivity index (χ2n) is 7.44. The first-order chi connectivity index (χ1) is 14.1. The van der Waals surface area contributed by atoms with Gasteiger partial charge in [0.15, 0.2) is 0 Å². The molecule has 1 fully saturated rings. The third-order valence-electron chi connectivity index (χ3n) is 5.27. The molecular weight excluding hydrogens is 362 g/mol. The number of benzene rings is 2. The maximum Gasteiger partial charge on any atom is 0.251 e. The summed E-state index contributed by atoms with van der Waals surface area (Å²) in [5.74, 6) is -0.178. The number of amides is 2. The first-order valence-electron chi connectivity index (χ1n) is 10.2. The summed E-state index contributed by atoms with van der Waals surface area (Å²) in [6.45, 7) is 2.83. The molecule has 0 saturated carbocycles. The van der Waals surface area contributed by atoms with Crippen molar-refractivity contribution in [3.8, 4) is 0 Å².